The number of hydrogen-bond donors (Lipinski definition) is 4. The average molecular weight is 813 g/mol. The molecule has 2 aromatic carbocycles. The first-order valence-electron chi connectivity index (χ1n) is 19.5. The van der Waals surface area contributed by atoms with E-state index in [4.69, 9.17) is 9.47 Å². The van der Waals surface area contributed by atoms with Gasteiger partial charge in [-0.3, -0.25) is 14.8 Å². The summed E-state index contributed by atoms with van der Waals surface area (Å²) in [6.45, 7) is 5.33. The molecular formula is C42H52N8O5S2. The van der Waals surface area contributed by atoms with E-state index < -0.39 is 12.1 Å². The third kappa shape index (κ3) is 13.5. The number of thiazole rings is 2. The van der Waals surface area contributed by atoms with E-state index in [1.807, 2.05) is 72.1 Å². The number of aromatic nitrogens is 2. The quantitative estimate of drug-likeness (QED) is 0.0798. The topological polar surface area (TPSA) is 162 Å². The molecule has 1 saturated heterocycles. The van der Waals surface area contributed by atoms with Crippen molar-refractivity contribution in [2.45, 2.75) is 102 Å². The monoisotopic (exact) mass is 812 g/mol. The molecule has 0 aliphatic carbocycles. The fourth-order valence-electron chi connectivity index (χ4n) is 6.50. The number of hydrogen-bond acceptors (Lipinski definition) is 11. The minimum atomic E-state index is -0.888. The van der Waals surface area contributed by atoms with E-state index in [0.29, 0.717) is 44.7 Å². The Morgan fingerprint density at radius 2 is 1.65 bits per heavy atom. The van der Waals surface area contributed by atoms with Crippen molar-refractivity contribution in [1.82, 2.24) is 36.1 Å². The van der Waals surface area contributed by atoms with Crippen molar-refractivity contribution in [2.75, 3.05) is 13.6 Å². The lowest BCUT2D eigenvalue weighted by molar-refractivity contribution is -0.124. The van der Waals surface area contributed by atoms with Crippen LogP contribution in [0.1, 0.15) is 72.2 Å². The number of carbonyl (C=O) groups is 3. The van der Waals surface area contributed by atoms with Gasteiger partial charge in [0.15, 0.2) is 6.23 Å². The van der Waals surface area contributed by atoms with Gasteiger partial charge in [-0.15, -0.1) is 22.7 Å². The van der Waals surface area contributed by atoms with Crippen molar-refractivity contribution in [3.63, 3.8) is 0 Å². The first kappa shape index (κ1) is 41.5. The number of nitrogens with one attached hydrogen (secondary N) is 4. The predicted octanol–water partition coefficient (Wildman–Crippen LogP) is 6.34. The number of ether oxygens (including phenoxy) is 2. The Hall–Kier alpha value is -5.12. The van der Waals surface area contributed by atoms with Crippen LogP contribution in [-0.2, 0) is 40.3 Å². The summed E-state index contributed by atoms with van der Waals surface area (Å²) in [5.74, 6) is 0.730. The second kappa shape index (κ2) is 20.9. The molecule has 2 aromatic heterocycles. The summed E-state index contributed by atoms with van der Waals surface area (Å²) in [7, 11) is 1.70. The van der Waals surface area contributed by atoms with E-state index in [1.165, 1.54) is 11.3 Å². The smallest absolute Gasteiger partial charge is 0.407 e. The summed E-state index contributed by atoms with van der Waals surface area (Å²) in [5.41, 5.74) is 4.63. The molecule has 57 heavy (non-hydrogen) atoms. The molecule has 1 fully saturated rings. The number of benzene rings is 2. The van der Waals surface area contributed by atoms with Crippen LogP contribution in [0.2, 0.25) is 0 Å². The second-order valence-electron chi connectivity index (χ2n) is 14.7. The van der Waals surface area contributed by atoms with Gasteiger partial charge in [-0.25, -0.2) is 14.6 Å². The molecule has 13 nitrogen and oxygen atoms in total. The van der Waals surface area contributed by atoms with Crippen LogP contribution < -0.4 is 21.3 Å². The van der Waals surface area contributed by atoms with Gasteiger partial charge in [-0.05, 0) is 49.3 Å². The molecule has 15 heteroatoms. The Labute approximate surface area is 342 Å². The van der Waals surface area contributed by atoms with Crippen LogP contribution in [0.5, 0.6) is 0 Å². The van der Waals surface area contributed by atoms with Crippen molar-refractivity contribution in [1.29, 1.82) is 0 Å². The highest BCUT2D eigenvalue weighted by molar-refractivity contribution is 7.09. The molecule has 302 valence electrons. The Balaban J connectivity index is 1.15. The highest BCUT2D eigenvalue weighted by atomic mass is 32.1. The van der Waals surface area contributed by atoms with Gasteiger partial charge in [0.2, 0.25) is 5.91 Å². The lowest BCUT2D eigenvalue weighted by Gasteiger charge is -2.27. The molecular weight excluding hydrogens is 761 g/mol. The number of epoxide rings is 1. The number of dihydropyridines is 1. The van der Waals surface area contributed by atoms with Gasteiger partial charge < -0.3 is 35.6 Å². The fourth-order valence-corrected chi connectivity index (χ4v) is 7.84. The van der Waals surface area contributed by atoms with E-state index in [9.17, 15) is 14.4 Å². The number of rotatable bonds is 19. The Bertz CT molecular complexity index is 1940. The number of amides is 4. The number of aliphatic imine (C=N–C) groups is 1. The lowest BCUT2D eigenvalue weighted by Crippen LogP contribution is -2.53. The van der Waals surface area contributed by atoms with Crippen molar-refractivity contribution in [2.24, 2.45) is 4.99 Å². The maximum Gasteiger partial charge on any atom is 0.407 e. The maximum absolute atomic E-state index is 14.3. The zero-order valence-electron chi connectivity index (χ0n) is 32.6. The molecule has 4 N–H and O–H groups in total. The molecule has 2 aliphatic heterocycles. The Morgan fingerprint density at radius 3 is 2.26 bits per heavy atom. The maximum atomic E-state index is 14.3. The summed E-state index contributed by atoms with van der Waals surface area (Å²) in [6.07, 6.45) is 7.93. The van der Waals surface area contributed by atoms with Gasteiger partial charge in [-0.1, -0.05) is 80.6 Å². The largest absolute Gasteiger partial charge is 0.444 e. The minimum Gasteiger partial charge on any atom is -0.444 e. The minimum absolute atomic E-state index is 0.137. The van der Waals surface area contributed by atoms with Gasteiger partial charge in [0.1, 0.15) is 24.6 Å². The van der Waals surface area contributed by atoms with Crippen molar-refractivity contribution < 1.29 is 23.9 Å². The third-order valence-corrected chi connectivity index (χ3v) is 11.6. The summed E-state index contributed by atoms with van der Waals surface area (Å²) >= 11 is 3.00. The second-order valence-corrected chi connectivity index (χ2v) is 16.5. The molecule has 4 heterocycles. The molecule has 5 unspecified atom stereocenters. The SMILES string of the molecule is CC(C)c1nc(CN(C)C(=O)NC(CC2OC2NC2=NCCC=C2)C(=O)NC(CCC(Cc2ccccc2)NC(=O)OCc2cncs2)Cc2ccccc2)cs1. The van der Waals surface area contributed by atoms with E-state index in [0.717, 1.165) is 39.0 Å². The molecule has 4 amide bonds. The highest BCUT2D eigenvalue weighted by Crippen LogP contribution is 2.26. The average Bonchev–Trinajstić information content (AvgIpc) is 3.52. The summed E-state index contributed by atoms with van der Waals surface area (Å²) in [5, 5.41) is 15.6. The number of alkyl carbamates (subject to hydrolysis) is 1. The summed E-state index contributed by atoms with van der Waals surface area (Å²) < 4.78 is 11.5. The van der Waals surface area contributed by atoms with Gasteiger partial charge >= 0.3 is 12.1 Å². The molecule has 0 bridgehead atoms. The van der Waals surface area contributed by atoms with Crippen LogP contribution in [0, 0.1) is 0 Å². The number of amidine groups is 1. The molecule has 6 rings (SSSR count). The zero-order valence-corrected chi connectivity index (χ0v) is 34.3. The lowest BCUT2D eigenvalue weighted by atomic mass is 9.95. The summed E-state index contributed by atoms with van der Waals surface area (Å²) in [6, 6.07) is 18.1. The number of urea groups is 1. The molecule has 5 atom stereocenters. The van der Waals surface area contributed by atoms with Gasteiger partial charge in [0.25, 0.3) is 0 Å². The van der Waals surface area contributed by atoms with Gasteiger partial charge in [-0.2, -0.15) is 0 Å². The standard InChI is InChI=1S/C42H52N8O5S2/c1-28(2)40-46-33(26-56-40)24-50(3)41(52)48-35(22-36-39(55-36)49-37-16-10-11-19-44-37)38(51)45-31(20-29-12-6-4-7-13-29)17-18-32(21-30-14-8-5-9-15-30)47-42(53)54-25-34-23-43-27-57-34/h4-10,12-16,23,26-28,31-32,35-36,39H,11,17-22,24-25H2,1-3H3,(H,44,49)(H,45,51)(H,47,53)(H,48,52). The van der Waals surface area contributed by atoms with Gasteiger partial charge in [0, 0.05) is 49.6 Å². The first-order chi connectivity index (χ1) is 27.7. The number of nitrogens with zero attached hydrogens (tertiary/aromatic N) is 4. The van der Waals surface area contributed by atoms with Crippen LogP contribution in [0.15, 0.2) is 94.9 Å². The normalized spacial score (nSPS) is 17.5. The number of carbonyl (C=O) groups excluding carboxylic acids is 3. The summed E-state index contributed by atoms with van der Waals surface area (Å²) in [4.78, 5) is 56.7. The van der Waals surface area contributed by atoms with E-state index in [-0.39, 0.29) is 49.4 Å². The Kier molecular flexibility index (Phi) is 15.2. The highest BCUT2D eigenvalue weighted by Gasteiger charge is 2.43. The van der Waals surface area contributed by atoms with E-state index in [2.05, 4.69) is 56.2 Å². The third-order valence-electron chi connectivity index (χ3n) is 9.63. The van der Waals surface area contributed by atoms with E-state index in [1.54, 1.807) is 35.0 Å². The van der Waals surface area contributed by atoms with Crippen molar-refractivity contribution >= 4 is 46.5 Å². The van der Waals surface area contributed by atoms with Crippen LogP contribution in [0.25, 0.3) is 0 Å². The first-order valence-corrected chi connectivity index (χ1v) is 21.2. The Morgan fingerprint density at radius 1 is 0.947 bits per heavy atom. The van der Waals surface area contributed by atoms with E-state index >= 15 is 0 Å². The van der Waals surface area contributed by atoms with Gasteiger partial charge in [0.05, 0.1) is 27.6 Å². The fraction of sp³-hybridized carbons (Fsp3) is 0.429. The predicted molar refractivity (Wildman–Crippen MR) is 223 cm³/mol. The molecule has 2 aliphatic rings. The van der Waals surface area contributed by atoms with Crippen LogP contribution in [-0.4, -0.2) is 82.8 Å². The van der Waals surface area contributed by atoms with Crippen LogP contribution >= 0.6 is 22.7 Å². The van der Waals surface area contributed by atoms with Crippen LogP contribution in [0.4, 0.5) is 9.59 Å². The molecule has 0 spiro atoms. The molecule has 4 aromatic rings. The van der Waals surface area contributed by atoms with Crippen LogP contribution in [0.3, 0.4) is 0 Å². The van der Waals surface area contributed by atoms with Crippen molar-refractivity contribution in [3.05, 3.63) is 117 Å². The zero-order chi connectivity index (χ0) is 40.0. The van der Waals surface area contributed by atoms with Crippen molar-refractivity contribution in [3.8, 4) is 0 Å². The molecule has 0 saturated carbocycles. The molecule has 0 radical (unpaired) electrons.